The highest BCUT2D eigenvalue weighted by molar-refractivity contribution is 4.88. The molecule has 0 unspecified atom stereocenters. The lowest BCUT2D eigenvalue weighted by Crippen LogP contribution is -2.11. The number of hydrogen-bond acceptors (Lipinski definition) is 2. The monoisotopic (exact) mass is 144 g/mol. The minimum atomic E-state index is -0.276. The van der Waals surface area contributed by atoms with E-state index in [0.29, 0.717) is 6.10 Å². The molecular formula is C8H16O2. The van der Waals surface area contributed by atoms with Crippen molar-refractivity contribution in [1.82, 2.24) is 0 Å². The van der Waals surface area contributed by atoms with Gasteiger partial charge in [-0.25, -0.2) is 0 Å². The van der Waals surface area contributed by atoms with Crippen molar-refractivity contribution in [3.05, 3.63) is 0 Å². The summed E-state index contributed by atoms with van der Waals surface area (Å²) in [4.78, 5) is 0. The van der Waals surface area contributed by atoms with Crippen LogP contribution in [0, 0.1) is 0 Å². The summed E-state index contributed by atoms with van der Waals surface area (Å²) in [5, 5.41) is 9.04. The molecule has 1 aliphatic rings. The molecule has 1 rings (SSSR count). The molecule has 0 aliphatic carbocycles. The molecule has 2 heteroatoms. The number of hydrogen-bond donors (Lipinski definition) is 1. The van der Waals surface area contributed by atoms with Gasteiger partial charge in [0.1, 0.15) is 6.10 Å². The summed E-state index contributed by atoms with van der Waals surface area (Å²) in [5.41, 5.74) is 0. The number of ether oxygens (including phenoxy) is 1. The second-order valence-electron chi connectivity index (χ2n) is 3.02. The highest BCUT2D eigenvalue weighted by Gasteiger charge is 2.41. The minimum Gasteiger partial charge on any atom is -0.391 e. The number of aliphatic hydroxyl groups is 1. The minimum absolute atomic E-state index is 0.145. The summed E-state index contributed by atoms with van der Waals surface area (Å²) in [7, 11) is 0. The molecule has 60 valence electrons. The van der Waals surface area contributed by atoms with Crippen LogP contribution < -0.4 is 0 Å². The molecule has 1 aliphatic heterocycles. The van der Waals surface area contributed by atoms with Crippen LogP contribution in [-0.4, -0.2) is 23.4 Å². The zero-order valence-electron chi connectivity index (χ0n) is 6.71. The fraction of sp³-hybridized carbons (Fsp3) is 1.00. The van der Waals surface area contributed by atoms with E-state index in [2.05, 4.69) is 6.92 Å². The van der Waals surface area contributed by atoms with Gasteiger partial charge in [-0.3, -0.25) is 0 Å². The molecule has 2 nitrogen and oxygen atoms in total. The average molecular weight is 144 g/mol. The van der Waals surface area contributed by atoms with E-state index in [1.807, 2.05) is 0 Å². The van der Waals surface area contributed by atoms with Gasteiger partial charge < -0.3 is 9.84 Å². The van der Waals surface area contributed by atoms with Crippen molar-refractivity contribution in [3.63, 3.8) is 0 Å². The Kier molecular flexibility index (Phi) is 2.69. The van der Waals surface area contributed by atoms with Gasteiger partial charge in [0.2, 0.25) is 0 Å². The average Bonchev–Trinajstić information content (AvgIpc) is 2.62. The van der Waals surface area contributed by atoms with Crippen molar-refractivity contribution >= 4 is 0 Å². The Morgan fingerprint density at radius 3 is 2.70 bits per heavy atom. The Hall–Kier alpha value is -0.0800. The van der Waals surface area contributed by atoms with Crippen molar-refractivity contribution in [2.45, 2.75) is 51.4 Å². The second-order valence-corrected chi connectivity index (χ2v) is 3.02. The third kappa shape index (κ3) is 1.96. The van der Waals surface area contributed by atoms with Crippen molar-refractivity contribution in [3.8, 4) is 0 Å². The highest BCUT2D eigenvalue weighted by Crippen LogP contribution is 2.29. The number of aliphatic hydroxyl groups excluding tert-OH is 1. The van der Waals surface area contributed by atoms with Gasteiger partial charge in [0.25, 0.3) is 0 Å². The molecule has 0 aromatic carbocycles. The van der Waals surface area contributed by atoms with Crippen LogP contribution in [0.1, 0.15) is 33.1 Å². The molecule has 1 heterocycles. The maximum atomic E-state index is 9.04. The molecule has 3 atom stereocenters. The predicted octanol–water partition coefficient (Wildman–Crippen LogP) is 1.32. The third-order valence-corrected chi connectivity index (χ3v) is 1.94. The van der Waals surface area contributed by atoms with Crippen LogP contribution in [0.25, 0.3) is 0 Å². The lowest BCUT2D eigenvalue weighted by Gasteiger charge is -1.95. The van der Waals surface area contributed by atoms with Gasteiger partial charge in [0.15, 0.2) is 0 Å². The fourth-order valence-corrected chi connectivity index (χ4v) is 1.22. The van der Waals surface area contributed by atoms with Crippen LogP contribution in [0.15, 0.2) is 0 Å². The first-order valence-electron chi connectivity index (χ1n) is 4.09. The normalized spacial score (nSPS) is 33.9. The standard InChI is InChI=1S/C8H16O2/c1-3-4-5-7-8(10-7)6(2)9/h6-9H,3-5H2,1-2H3/t6-,7+,8-/m1/s1. The molecule has 10 heavy (non-hydrogen) atoms. The Balaban J connectivity index is 2.02. The highest BCUT2D eigenvalue weighted by atomic mass is 16.6. The van der Waals surface area contributed by atoms with Gasteiger partial charge in [0.05, 0.1) is 12.2 Å². The van der Waals surface area contributed by atoms with Crippen LogP contribution >= 0.6 is 0 Å². The van der Waals surface area contributed by atoms with Crippen LogP contribution in [0.3, 0.4) is 0 Å². The lowest BCUT2D eigenvalue weighted by molar-refractivity contribution is 0.152. The molecule has 1 fully saturated rings. The van der Waals surface area contributed by atoms with E-state index in [9.17, 15) is 0 Å². The van der Waals surface area contributed by atoms with Gasteiger partial charge in [-0.1, -0.05) is 19.8 Å². The van der Waals surface area contributed by atoms with E-state index in [-0.39, 0.29) is 12.2 Å². The van der Waals surface area contributed by atoms with Crippen molar-refractivity contribution < 1.29 is 9.84 Å². The summed E-state index contributed by atoms with van der Waals surface area (Å²) in [6, 6.07) is 0. The number of unbranched alkanes of at least 4 members (excludes halogenated alkanes) is 1. The first-order chi connectivity index (χ1) is 4.75. The van der Waals surface area contributed by atoms with E-state index in [1.165, 1.54) is 12.8 Å². The maximum Gasteiger partial charge on any atom is 0.110 e. The predicted molar refractivity (Wildman–Crippen MR) is 39.9 cm³/mol. The van der Waals surface area contributed by atoms with Crippen LogP contribution in [0.5, 0.6) is 0 Å². The van der Waals surface area contributed by atoms with Crippen LogP contribution in [0.2, 0.25) is 0 Å². The number of epoxide rings is 1. The lowest BCUT2D eigenvalue weighted by atomic mass is 10.1. The zero-order chi connectivity index (χ0) is 7.56. The molecule has 0 bridgehead atoms. The first kappa shape index (κ1) is 8.02. The smallest absolute Gasteiger partial charge is 0.110 e. The molecule has 0 spiro atoms. The van der Waals surface area contributed by atoms with E-state index < -0.39 is 0 Å². The largest absolute Gasteiger partial charge is 0.391 e. The van der Waals surface area contributed by atoms with Gasteiger partial charge in [0, 0.05) is 0 Å². The van der Waals surface area contributed by atoms with Gasteiger partial charge in [-0.15, -0.1) is 0 Å². The van der Waals surface area contributed by atoms with Gasteiger partial charge in [-0.2, -0.15) is 0 Å². The second kappa shape index (κ2) is 3.35. The van der Waals surface area contributed by atoms with Crippen molar-refractivity contribution in [2.75, 3.05) is 0 Å². The molecule has 0 radical (unpaired) electrons. The fourth-order valence-electron chi connectivity index (χ4n) is 1.22. The molecule has 0 aromatic heterocycles. The van der Waals surface area contributed by atoms with E-state index in [1.54, 1.807) is 6.92 Å². The Bertz CT molecular complexity index is 101. The van der Waals surface area contributed by atoms with E-state index in [0.717, 1.165) is 6.42 Å². The SMILES string of the molecule is CCCC[C@@H]1O[C@@H]1[C@@H](C)O. The summed E-state index contributed by atoms with van der Waals surface area (Å²) >= 11 is 0. The van der Waals surface area contributed by atoms with Crippen molar-refractivity contribution in [2.24, 2.45) is 0 Å². The van der Waals surface area contributed by atoms with Crippen LogP contribution in [0.4, 0.5) is 0 Å². The van der Waals surface area contributed by atoms with E-state index >= 15 is 0 Å². The third-order valence-electron chi connectivity index (χ3n) is 1.94. The van der Waals surface area contributed by atoms with Crippen LogP contribution in [-0.2, 0) is 4.74 Å². The summed E-state index contributed by atoms with van der Waals surface area (Å²) in [6.07, 6.45) is 3.78. The molecule has 0 aromatic rings. The summed E-state index contributed by atoms with van der Waals surface area (Å²) in [5.74, 6) is 0. The first-order valence-corrected chi connectivity index (χ1v) is 4.09. The molecule has 0 amide bonds. The molecule has 1 saturated heterocycles. The quantitative estimate of drug-likeness (QED) is 0.604. The summed E-state index contributed by atoms with van der Waals surface area (Å²) in [6.45, 7) is 3.95. The number of rotatable bonds is 4. The molecule has 1 N–H and O–H groups in total. The zero-order valence-corrected chi connectivity index (χ0v) is 6.71. The van der Waals surface area contributed by atoms with Gasteiger partial charge in [-0.05, 0) is 13.3 Å². The van der Waals surface area contributed by atoms with E-state index in [4.69, 9.17) is 9.84 Å². The molecule has 0 saturated carbocycles. The molecular weight excluding hydrogens is 128 g/mol. The Morgan fingerprint density at radius 1 is 1.60 bits per heavy atom. The topological polar surface area (TPSA) is 32.8 Å². The Morgan fingerprint density at radius 2 is 2.30 bits per heavy atom. The summed E-state index contributed by atoms with van der Waals surface area (Å²) < 4.78 is 5.23. The van der Waals surface area contributed by atoms with Crippen molar-refractivity contribution in [1.29, 1.82) is 0 Å². The maximum absolute atomic E-state index is 9.04. The van der Waals surface area contributed by atoms with Gasteiger partial charge >= 0.3 is 0 Å². The Labute approximate surface area is 62.2 Å².